The van der Waals surface area contributed by atoms with Crippen molar-refractivity contribution >= 4 is 11.9 Å². The number of rotatable bonds is 2. The number of carbonyl (C=O) groups is 1. The fraction of sp³-hybridized carbons (Fsp3) is 0.545. The highest BCUT2D eigenvalue weighted by Crippen LogP contribution is 2.38. The van der Waals surface area contributed by atoms with E-state index >= 15 is 0 Å². The number of alkyl halides is 3. The fourth-order valence-corrected chi connectivity index (χ4v) is 2.10. The van der Waals surface area contributed by atoms with E-state index in [0.717, 1.165) is 5.56 Å². The van der Waals surface area contributed by atoms with E-state index in [4.69, 9.17) is 5.11 Å². The number of hydrogen-bond acceptors (Lipinski definition) is 4. The molecule has 0 bridgehead atoms. The summed E-state index contributed by atoms with van der Waals surface area (Å²) in [5.74, 6) is -4.69. The van der Waals surface area contributed by atoms with E-state index in [2.05, 4.69) is 9.97 Å². The number of carboxylic acids is 1. The summed E-state index contributed by atoms with van der Waals surface area (Å²) >= 11 is 0. The fourth-order valence-electron chi connectivity index (χ4n) is 2.10. The predicted octanol–water partition coefficient (Wildman–Crippen LogP) is 1.48. The van der Waals surface area contributed by atoms with Crippen LogP contribution in [0.15, 0.2) is 12.4 Å². The molecule has 2 atom stereocenters. The molecule has 2 rings (SSSR count). The molecule has 0 unspecified atom stereocenters. The topological polar surface area (TPSA) is 66.3 Å². The van der Waals surface area contributed by atoms with Crippen LogP contribution in [0, 0.1) is 18.8 Å². The van der Waals surface area contributed by atoms with Crippen LogP contribution in [0.1, 0.15) is 5.56 Å². The van der Waals surface area contributed by atoms with Crippen LogP contribution in [0.3, 0.4) is 0 Å². The molecule has 0 radical (unpaired) electrons. The summed E-state index contributed by atoms with van der Waals surface area (Å²) in [5.41, 5.74) is 0.783. The molecule has 19 heavy (non-hydrogen) atoms. The number of aryl methyl sites for hydroxylation is 1. The minimum absolute atomic E-state index is 0.128. The van der Waals surface area contributed by atoms with Gasteiger partial charge in [-0.05, 0) is 12.5 Å². The van der Waals surface area contributed by atoms with Crippen LogP contribution in [0.4, 0.5) is 19.1 Å². The summed E-state index contributed by atoms with van der Waals surface area (Å²) < 4.78 is 38.4. The Labute approximate surface area is 107 Å². The van der Waals surface area contributed by atoms with Crippen molar-refractivity contribution in [2.24, 2.45) is 11.8 Å². The minimum atomic E-state index is -4.54. The van der Waals surface area contributed by atoms with Crippen molar-refractivity contribution < 1.29 is 23.1 Å². The molecule has 2 heterocycles. The van der Waals surface area contributed by atoms with Crippen molar-refractivity contribution in [1.82, 2.24) is 9.97 Å². The summed E-state index contributed by atoms with van der Waals surface area (Å²) in [6.07, 6.45) is -1.57. The van der Waals surface area contributed by atoms with Crippen molar-refractivity contribution in [3.63, 3.8) is 0 Å². The van der Waals surface area contributed by atoms with Gasteiger partial charge in [0.15, 0.2) is 0 Å². The van der Waals surface area contributed by atoms with E-state index in [1.165, 1.54) is 17.3 Å². The van der Waals surface area contributed by atoms with Gasteiger partial charge in [-0.2, -0.15) is 13.2 Å². The average molecular weight is 275 g/mol. The molecule has 0 aliphatic carbocycles. The number of carboxylic acid groups (broad SMARTS) is 1. The largest absolute Gasteiger partial charge is 0.481 e. The Morgan fingerprint density at radius 2 is 1.95 bits per heavy atom. The monoisotopic (exact) mass is 275 g/mol. The highest BCUT2D eigenvalue weighted by atomic mass is 19.4. The number of aromatic nitrogens is 2. The lowest BCUT2D eigenvalue weighted by atomic mass is 9.96. The summed E-state index contributed by atoms with van der Waals surface area (Å²) in [6.45, 7) is 1.10. The van der Waals surface area contributed by atoms with Gasteiger partial charge in [-0.3, -0.25) is 4.79 Å². The van der Waals surface area contributed by atoms with Crippen LogP contribution in [-0.2, 0) is 4.79 Å². The first-order chi connectivity index (χ1) is 8.79. The zero-order valence-corrected chi connectivity index (χ0v) is 10.1. The van der Waals surface area contributed by atoms with Crippen LogP contribution in [0.2, 0.25) is 0 Å². The van der Waals surface area contributed by atoms with Gasteiger partial charge >= 0.3 is 12.1 Å². The molecule has 1 aliphatic heterocycles. The van der Waals surface area contributed by atoms with E-state index in [1.54, 1.807) is 6.92 Å². The molecule has 0 aromatic carbocycles. The zero-order chi connectivity index (χ0) is 14.2. The first kappa shape index (κ1) is 13.6. The van der Waals surface area contributed by atoms with E-state index < -0.39 is 30.5 Å². The zero-order valence-electron chi connectivity index (χ0n) is 10.1. The Morgan fingerprint density at radius 1 is 1.37 bits per heavy atom. The van der Waals surface area contributed by atoms with Gasteiger partial charge in [0, 0.05) is 25.5 Å². The summed E-state index contributed by atoms with van der Waals surface area (Å²) in [6, 6.07) is 0. The van der Waals surface area contributed by atoms with Crippen molar-refractivity contribution in [1.29, 1.82) is 0 Å². The van der Waals surface area contributed by atoms with Gasteiger partial charge in [0.25, 0.3) is 0 Å². The van der Waals surface area contributed by atoms with Gasteiger partial charge < -0.3 is 10.0 Å². The maximum absolute atomic E-state index is 12.8. The van der Waals surface area contributed by atoms with Gasteiger partial charge in [0.2, 0.25) is 5.95 Å². The molecule has 0 spiro atoms. The molecule has 1 saturated heterocycles. The Morgan fingerprint density at radius 3 is 2.37 bits per heavy atom. The second-order valence-corrected chi connectivity index (χ2v) is 4.56. The summed E-state index contributed by atoms with van der Waals surface area (Å²) in [5, 5.41) is 8.89. The van der Waals surface area contributed by atoms with Gasteiger partial charge in [-0.15, -0.1) is 0 Å². The predicted molar refractivity (Wildman–Crippen MR) is 59.7 cm³/mol. The van der Waals surface area contributed by atoms with Crippen molar-refractivity contribution in [2.45, 2.75) is 13.1 Å². The van der Waals surface area contributed by atoms with E-state index in [-0.39, 0.29) is 12.5 Å². The quantitative estimate of drug-likeness (QED) is 0.885. The molecule has 1 aliphatic rings. The van der Waals surface area contributed by atoms with Crippen LogP contribution >= 0.6 is 0 Å². The molecule has 0 saturated carbocycles. The van der Waals surface area contributed by atoms with Crippen molar-refractivity contribution in [3.05, 3.63) is 18.0 Å². The van der Waals surface area contributed by atoms with E-state index in [0.29, 0.717) is 0 Å². The normalized spacial score (nSPS) is 23.7. The number of halogens is 3. The number of aliphatic carboxylic acids is 1. The van der Waals surface area contributed by atoms with Crippen LogP contribution in [-0.4, -0.2) is 40.3 Å². The van der Waals surface area contributed by atoms with Crippen LogP contribution < -0.4 is 4.90 Å². The maximum Gasteiger partial charge on any atom is 0.394 e. The first-order valence-electron chi connectivity index (χ1n) is 5.62. The summed E-state index contributed by atoms with van der Waals surface area (Å²) in [7, 11) is 0. The maximum atomic E-state index is 12.8. The second kappa shape index (κ2) is 4.67. The van der Waals surface area contributed by atoms with Crippen LogP contribution in [0.5, 0.6) is 0 Å². The first-order valence-corrected chi connectivity index (χ1v) is 5.62. The Balaban J connectivity index is 2.23. The van der Waals surface area contributed by atoms with Gasteiger partial charge in [-0.1, -0.05) is 0 Å². The van der Waals surface area contributed by atoms with Gasteiger partial charge in [0.1, 0.15) is 0 Å². The van der Waals surface area contributed by atoms with Gasteiger partial charge in [-0.25, -0.2) is 9.97 Å². The van der Waals surface area contributed by atoms with Crippen molar-refractivity contribution in [3.8, 4) is 0 Å². The van der Waals surface area contributed by atoms with Crippen LogP contribution in [0.25, 0.3) is 0 Å². The Bertz CT molecular complexity index is 475. The molecular formula is C11H12F3N3O2. The highest BCUT2D eigenvalue weighted by molar-refractivity contribution is 5.72. The molecule has 1 aromatic rings. The smallest absolute Gasteiger partial charge is 0.394 e. The molecule has 1 fully saturated rings. The lowest BCUT2D eigenvalue weighted by Gasteiger charge is -2.18. The molecule has 8 heteroatoms. The highest BCUT2D eigenvalue weighted by Gasteiger charge is 2.53. The second-order valence-electron chi connectivity index (χ2n) is 4.56. The molecule has 0 amide bonds. The average Bonchev–Trinajstić information content (AvgIpc) is 2.74. The SMILES string of the molecule is Cc1cnc(N2C[C@@H](C(F)(F)F)[C@H](C(=O)O)C2)nc1. The third kappa shape index (κ3) is 2.77. The number of anilines is 1. The molecular weight excluding hydrogens is 263 g/mol. The number of nitrogens with zero attached hydrogens (tertiary/aromatic N) is 3. The minimum Gasteiger partial charge on any atom is -0.481 e. The molecule has 5 nitrogen and oxygen atoms in total. The lowest BCUT2D eigenvalue weighted by molar-refractivity contribution is -0.187. The summed E-state index contributed by atoms with van der Waals surface area (Å²) in [4.78, 5) is 20.0. The molecule has 1 N–H and O–H groups in total. The lowest BCUT2D eigenvalue weighted by Crippen LogP contribution is -2.33. The standard InChI is InChI=1S/C11H12F3N3O2/c1-6-2-15-10(16-3-6)17-4-7(9(18)19)8(5-17)11(12,13)14/h2-3,7-8H,4-5H2,1H3,(H,18,19)/t7-,8-/m1/s1. The number of hydrogen-bond donors (Lipinski definition) is 1. The van der Waals surface area contributed by atoms with E-state index in [9.17, 15) is 18.0 Å². The Kier molecular flexibility index (Phi) is 3.34. The third-order valence-corrected chi connectivity index (χ3v) is 3.11. The molecule has 1 aromatic heterocycles. The molecule has 104 valence electrons. The Hall–Kier alpha value is -1.86. The van der Waals surface area contributed by atoms with Crippen molar-refractivity contribution in [2.75, 3.05) is 18.0 Å². The third-order valence-electron chi connectivity index (χ3n) is 3.11. The van der Waals surface area contributed by atoms with E-state index in [1.807, 2.05) is 0 Å². The van der Waals surface area contributed by atoms with Gasteiger partial charge in [0.05, 0.1) is 11.8 Å².